The third kappa shape index (κ3) is 7.98. The molecule has 1 atom stereocenters. The third-order valence-corrected chi connectivity index (χ3v) is 9.51. The molecule has 1 saturated heterocycles. The highest BCUT2D eigenvalue weighted by molar-refractivity contribution is 6.02. The van der Waals surface area contributed by atoms with E-state index >= 15 is 0 Å². The Bertz CT molecular complexity index is 1810. The SMILES string of the molecule is Cc1cc(C(=O)N2CCNC(=O)C2)ncc1-c1ccc(C[C@@H](C(N)=O)N(C(=O)C2CCC(CN)CC2)c2ccc(-c3nn[nH]n3)cc2)cc1.Cl. The number of carbonyl (C=O) groups is 4. The van der Waals surface area contributed by atoms with E-state index in [1.807, 2.05) is 31.2 Å². The predicted octanol–water partition coefficient (Wildman–Crippen LogP) is 2.43. The van der Waals surface area contributed by atoms with Crippen molar-refractivity contribution in [2.24, 2.45) is 23.3 Å². The maximum absolute atomic E-state index is 14.2. The lowest BCUT2D eigenvalue weighted by molar-refractivity contribution is -0.127. The summed E-state index contributed by atoms with van der Waals surface area (Å²) in [6, 6.07) is 15.6. The molecular formula is C35H41ClN10O4. The van der Waals surface area contributed by atoms with Crippen LogP contribution < -0.4 is 21.7 Å². The number of halogens is 1. The number of nitrogens with zero attached hydrogens (tertiary/aromatic N) is 6. The molecule has 1 saturated carbocycles. The van der Waals surface area contributed by atoms with Gasteiger partial charge in [0.05, 0.1) is 6.54 Å². The summed E-state index contributed by atoms with van der Waals surface area (Å²) in [4.78, 5) is 59.5. The van der Waals surface area contributed by atoms with Gasteiger partial charge in [0, 0.05) is 48.4 Å². The fourth-order valence-corrected chi connectivity index (χ4v) is 6.67. The fourth-order valence-electron chi connectivity index (χ4n) is 6.67. The largest absolute Gasteiger partial charge is 0.368 e. The van der Waals surface area contributed by atoms with Crippen molar-refractivity contribution in [1.29, 1.82) is 0 Å². The van der Waals surface area contributed by atoms with E-state index in [9.17, 15) is 19.2 Å². The molecule has 2 fully saturated rings. The van der Waals surface area contributed by atoms with Gasteiger partial charge in [0.25, 0.3) is 5.91 Å². The average molecular weight is 701 g/mol. The molecule has 6 rings (SSSR count). The van der Waals surface area contributed by atoms with E-state index in [1.54, 1.807) is 41.4 Å². The minimum atomic E-state index is -0.938. The second-order valence-corrected chi connectivity index (χ2v) is 12.7. The minimum Gasteiger partial charge on any atom is -0.368 e. The van der Waals surface area contributed by atoms with Crippen molar-refractivity contribution in [2.75, 3.05) is 31.1 Å². The molecule has 2 aliphatic rings. The van der Waals surface area contributed by atoms with Crippen molar-refractivity contribution in [3.8, 4) is 22.5 Å². The molecule has 50 heavy (non-hydrogen) atoms. The van der Waals surface area contributed by atoms with Gasteiger partial charge in [-0.3, -0.25) is 29.1 Å². The molecule has 0 radical (unpaired) electrons. The first kappa shape index (κ1) is 36.1. The maximum atomic E-state index is 14.2. The van der Waals surface area contributed by atoms with Crippen LogP contribution in [0.5, 0.6) is 0 Å². The Balaban J connectivity index is 0.00000486. The summed E-state index contributed by atoms with van der Waals surface area (Å²) >= 11 is 0. The van der Waals surface area contributed by atoms with E-state index in [0.29, 0.717) is 55.5 Å². The number of tetrazole rings is 1. The number of anilines is 1. The van der Waals surface area contributed by atoms with Crippen LogP contribution in [-0.4, -0.2) is 86.4 Å². The zero-order valence-electron chi connectivity index (χ0n) is 27.7. The molecular weight excluding hydrogens is 660 g/mol. The molecule has 6 N–H and O–H groups in total. The highest BCUT2D eigenvalue weighted by Crippen LogP contribution is 2.33. The molecule has 15 heteroatoms. The first-order chi connectivity index (χ1) is 23.7. The molecule has 2 aromatic carbocycles. The number of nitrogens with two attached hydrogens (primary N) is 2. The monoisotopic (exact) mass is 700 g/mol. The number of primary amides is 1. The van der Waals surface area contributed by atoms with Crippen LogP contribution in [-0.2, 0) is 20.8 Å². The molecule has 4 aromatic rings. The highest BCUT2D eigenvalue weighted by Gasteiger charge is 2.36. The number of aryl methyl sites for hydroxylation is 1. The predicted molar refractivity (Wildman–Crippen MR) is 189 cm³/mol. The molecule has 0 bridgehead atoms. The normalized spacial score (nSPS) is 18.0. The number of amides is 4. The Hall–Kier alpha value is -5.21. The van der Waals surface area contributed by atoms with E-state index in [2.05, 4.69) is 30.9 Å². The molecule has 1 aliphatic heterocycles. The Morgan fingerprint density at radius 2 is 1.72 bits per heavy atom. The van der Waals surface area contributed by atoms with Crippen LogP contribution in [0.15, 0.2) is 60.8 Å². The van der Waals surface area contributed by atoms with Crippen molar-refractivity contribution in [3.63, 3.8) is 0 Å². The number of hydrogen-bond acceptors (Lipinski definition) is 9. The average Bonchev–Trinajstić information content (AvgIpc) is 3.67. The number of hydrogen-bond donors (Lipinski definition) is 4. The number of nitrogens with one attached hydrogen (secondary N) is 2. The van der Waals surface area contributed by atoms with Crippen LogP contribution in [0.1, 0.15) is 47.3 Å². The van der Waals surface area contributed by atoms with E-state index < -0.39 is 11.9 Å². The summed E-state index contributed by atoms with van der Waals surface area (Å²) in [6.07, 6.45) is 4.98. The van der Waals surface area contributed by atoms with Gasteiger partial charge < -0.3 is 21.7 Å². The zero-order valence-corrected chi connectivity index (χ0v) is 28.6. The van der Waals surface area contributed by atoms with Crippen LogP contribution in [0.2, 0.25) is 0 Å². The number of H-pyrrole nitrogens is 1. The van der Waals surface area contributed by atoms with Crippen molar-refractivity contribution in [1.82, 2.24) is 35.8 Å². The summed E-state index contributed by atoms with van der Waals surface area (Å²) in [5, 5.41) is 16.8. The number of benzene rings is 2. The van der Waals surface area contributed by atoms with Crippen LogP contribution in [0.25, 0.3) is 22.5 Å². The summed E-state index contributed by atoms with van der Waals surface area (Å²) in [5.74, 6) is -0.655. The molecule has 262 valence electrons. The van der Waals surface area contributed by atoms with Gasteiger partial charge in [0.1, 0.15) is 11.7 Å². The molecule has 0 unspecified atom stereocenters. The quantitative estimate of drug-likeness (QED) is 0.191. The molecule has 14 nitrogen and oxygen atoms in total. The Morgan fingerprint density at radius 3 is 2.32 bits per heavy atom. The van der Waals surface area contributed by atoms with Crippen molar-refractivity contribution >= 4 is 41.7 Å². The molecule has 0 spiro atoms. The number of carbonyl (C=O) groups excluding carboxylic acids is 4. The van der Waals surface area contributed by atoms with E-state index in [4.69, 9.17) is 11.5 Å². The van der Waals surface area contributed by atoms with Crippen molar-refractivity contribution in [3.05, 3.63) is 77.6 Å². The lowest BCUT2D eigenvalue weighted by Gasteiger charge is -2.35. The van der Waals surface area contributed by atoms with Crippen LogP contribution in [0.3, 0.4) is 0 Å². The van der Waals surface area contributed by atoms with Gasteiger partial charge in [-0.2, -0.15) is 5.21 Å². The number of pyridine rings is 1. The van der Waals surface area contributed by atoms with Crippen molar-refractivity contribution < 1.29 is 19.2 Å². The second kappa shape index (κ2) is 16.0. The number of aromatic nitrogens is 5. The van der Waals surface area contributed by atoms with Crippen molar-refractivity contribution in [2.45, 2.75) is 45.1 Å². The van der Waals surface area contributed by atoms with Crippen LogP contribution in [0, 0.1) is 18.8 Å². The molecule has 1 aliphatic carbocycles. The fraction of sp³-hybridized carbons (Fsp3) is 0.371. The lowest BCUT2D eigenvalue weighted by Crippen LogP contribution is -2.52. The first-order valence-corrected chi connectivity index (χ1v) is 16.5. The third-order valence-electron chi connectivity index (χ3n) is 9.51. The molecule has 2 aromatic heterocycles. The van der Waals surface area contributed by atoms with E-state index in [0.717, 1.165) is 35.1 Å². The molecule has 4 amide bonds. The topological polar surface area (TPSA) is 206 Å². The first-order valence-electron chi connectivity index (χ1n) is 16.5. The standard InChI is InChI=1S/C35H40N10O4.ClH/c1-21-16-29(35(49)44-15-14-38-31(46)20-44)39-19-28(21)24-6-2-22(3-7-24)17-30(32(37)47)45(34(48)26-8-4-23(18-36)5-9-26)27-12-10-25(11-13-27)33-40-42-43-41-33;/h2-3,6-7,10-13,16,19,23,26,30H,4-5,8-9,14-15,17-18,20,36H2,1H3,(H2,37,47)(H,38,46)(H,40,41,42,43);1H/t23?,26?,30-;/m0./s1. The van der Waals surface area contributed by atoms with Gasteiger partial charge in [0.15, 0.2) is 0 Å². The van der Waals surface area contributed by atoms with Gasteiger partial charge in [-0.25, -0.2) is 0 Å². The number of aromatic amines is 1. The lowest BCUT2D eigenvalue weighted by atomic mass is 9.81. The van der Waals surface area contributed by atoms with Gasteiger partial charge in [-0.1, -0.05) is 24.3 Å². The van der Waals surface area contributed by atoms with Gasteiger partial charge in [0.2, 0.25) is 23.5 Å². The summed E-state index contributed by atoms with van der Waals surface area (Å²) in [5.41, 5.74) is 16.9. The smallest absolute Gasteiger partial charge is 0.272 e. The Kier molecular flexibility index (Phi) is 11.5. The Morgan fingerprint density at radius 1 is 1.02 bits per heavy atom. The summed E-state index contributed by atoms with van der Waals surface area (Å²) in [6.45, 7) is 3.37. The van der Waals surface area contributed by atoms with Crippen LogP contribution >= 0.6 is 12.4 Å². The minimum absolute atomic E-state index is 0. The zero-order chi connectivity index (χ0) is 34.5. The van der Waals surface area contributed by atoms with Gasteiger partial charge in [-0.05, 0) is 97.3 Å². The summed E-state index contributed by atoms with van der Waals surface area (Å²) < 4.78 is 0. The maximum Gasteiger partial charge on any atom is 0.272 e. The Labute approximate surface area is 295 Å². The number of piperazine rings is 1. The summed E-state index contributed by atoms with van der Waals surface area (Å²) in [7, 11) is 0. The van der Waals surface area contributed by atoms with E-state index in [-0.39, 0.29) is 54.7 Å². The van der Waals surface area contributed by atoms with Gasteiger partial charge in [-0.15, -0.1) is 22.6 Å². The number of rotatable bonds is 10. The molecule has 3 heterocycles. The second-order valence-electron chi connectivity index (χ2n) is 12.7. The van der Waals surface area contributed by atoms with Crippen LogP contribution in [0.4, 0.5) is 5.69 Å². The van der Waals surface area contributed by atoms with E-state index in [1.165, 1.54) is 4.90 Å². The highest BCUT2D eigenvalue weighted by atomic mass is 35.5. The van der Waals surface area contributed by atoms with Gasteiger partial charge >= 0.3 is 0 Å².